The van der Waals surface area contributed by atoms with Gasteiger partial charge in [0.05, 0.1) is 10.6 Å². The Morgan fingerprint density at radius 1 is 1.26 bits per heavy atom. The molecule has 2 rings (SSSR count). The lowest BCUT2D eigenvalue weighted by atomic mass is 10.3. The Morgan fingerprint density at radius 3 is 2.57 bits per heavy atom. The molecule has 23 heavy (non-hydrogen) atoms. The number of nitrogens with zero attached hydrogens (tertiary/aromatic N) is 1. The number of rotatable bonds is 6. The summed E-state index contributed by atoms with van der Waals surface area (Å²) in [6.45, 7) is 1.39. The van der Waals surface area contributed by atoms with Crippen molar-refractivity contribution in [3.05, 3.63) is 59.4 Å². The number of carbonyl (C=O) groups is 1. The average Bonchev–Trinajstić information content (AvgIpc) is 2.53. The van der Waals surface area contributed by atoms with Crippen LogP contribution in [0.4, 0.5) is 0 Å². The van der Waals surface area contributed by atoms with Crippen LogP contribution in [0, 0.1) is 0 Å². The van der Waals surface area contributed by atoms with Gasteiger partial charge in [-0.2, -0.15) is 4.72 Å². The lowest BCUT2D eigenvalue weighted by molar-refractivity contribution is -0.146. The van der Waals surface area contributed by atoms with Crippen molar-refractivity contribution in [1.29, 1.82) is 0 Å². The predicted molar refractivity (Wildman–Crippen MR) is 85.3 cm³/mol. The lowest BCUT2D eigenvalue weighted by Gasteiger charge is -2.13. The van der Waals surface area contributed by atoms with Crippen LogP contribution in [0.1, 0.15) is 12.6 Å². The van der Waals surface area contributed by atoms with Gasteiger partial charge in [0.15, 0.2) is 0 Å². The van der Waals surface area contributed by atoms with E-state index >= 15 is 0 Å². The van der Waals surface area contributed by atoms with E-state index in [4.69, 9.17) is 16.3 Å². The van der Waals surface area contributed by atoms with Gasteiger partial charge in [0.25, 0.3) is 0 Å². The van der Waals surface area contributed by atoms with Gasteiger partial charge < -0.3 is 4.74 Å². The summed E-state index contributed by atoms with van der Waals surface area (Å²) >= 11 is 5.72. The van der Waals surface area contributed by atoms with Crippen LogP contribution in [0.5, 0.6) is 0 Å². The Balaban J connectivity index is 1.96. The summed E-state index contributed by atoms with van der Waals surface area (Å²) in [4.78, 5) is 15.9. The maximum Gasteiger partial charge on any atom is 0.324 e. The largest absolute Gasteiger partial charge is 0.458 e. The fraction of sp³-hybridized carbons (Fsp3) is 0.200. The molecule has 0 aliphatic rings. The van der Waals surface area contributed by atoms with Crippen LogP contribution in [0.25, 0.3) is 0 Å². The van der Waals surface area contributed by atoms with Crippen molar-refractivity contribution in [2.75, 3.05) is 0 Å². The van der Waals surface area contributed by atoms with Crippen LogP contribution in [-0.4, -0.2) is 25.4 Å². The van der Waals surface area contributed by atoms with Crippen molar-refractivity contribution in [2.24, 2.45) is 0 Å². The van der Waals surface area contributed by atoms with Crippen LogP contribution in [-0.2, 0) is 26.2 Å². The number of esters is 1. The fourth-order valence-electron chi connectivity index (χ4n) is 1.72. The van der Waals surface area contributed by atoms with Crippen LogP contribution in [0.15, 0.2) is 53.6 Å². The Bertz CT molecular complexity index is 764. The number of carbonyl (C=O) groups excluding carboxylic acids is 1. The second kappa shape index (κ2) is 7.54. The van der Waals surface area contributed by atoms with E-state index in [1.165, 1.54) is 31.2 Å². The summed E-state index contributed by atoms with van der Waals surface area (Å²) < 4.78 is 31.6. The smallest absolute Gasteiger partial charge is 0.324 e. The third kappa shape index (κ3) is 5.02. The quantitative estimate of drug-likeness (QED) is 0.803. The van der Waals surface area contributed by atoms with Crippen LogP contribution >= 0.6 is 11.6 Å². The third-order valence-corrected chi connectivity index (χ3v) is 4.71. The molecule has 0 radical (unpaired) electrons. The minimum atomic E-state index is -3.83. The third-order valence-electron chi connectivity index (χ3n) is 2.90. The molecule has 0 saturated carbocycles. The van der Waals surface area contributed by atoms with Gasteiger partial charge in [-0.25, -0.2) is 8.42 Å². The molecule has 0 saturated heterocycles. The minimum absolute atomic E-state index is 0.0197. The first kappa shape index (κ1) is 17.4. The summed E-state index contributed by atoms with van der Waals surface area (Å²) in [6, 6.07) is 9.82. The van der Waals surface area contributed by atoms with E-state index in [1.807, 2.05) is 0 Å². The first-order chi connectivity index (χ1) is 10.9. The summed E-state index contributed by atoms with van der Waals surface area (Å²) in [5.41, 5.74) is 0.577. The number of aromatic nitrogens is 1. The second-order valence-electron chi connectivity index (χ2n) is 4.73. The van der Waals surface area contributed by atoms with Gasteiger partial charge in [-0.1, -0.05) is 17.7 Å². The Hall–Kier alpha value is -1.96. The fourth-order valence-corrected chi connectivity index (χ4v) is 3.03. The van der Waals surface area contributed by atoms with Crippen molar-refractivity contribution >= 4 is 27.6 Å². The van der Waals surface area contributed by atoms with Crippen molar-refractivity contribution in [1.82, 2.24) is 9.71 Å². The number of benzene rings is 1. The van der Waals surface area contributed by atoms with E-state index in [1.54, 1.807) is 24.4 Å². The van der Waals surface area contributed by atoms with E-state index < -0.39 is 22.0 Å². The number of sulfonamides is 1. The number of nitrogens with one attached hydrogen (secondary N) is 1. The lowest BCUT2D eigenvalue weighted by Crippen LogP contribution is -2.39. The van der Waals surface area contributed by atoms with Crippen molar-refractivity contribution in [3.63, 3.8) is 0 Å². The van der Waals surface area contributed by atoms with Crippen LogP contribution in [0.2, 0.25) is 5.02 Å². The summed E-state index contributed by atoms with van der Waals surface area (Å²) in [7, 11) is -3.83. The monoisotopic (exact) mass is 354 g/mol. The molecule has 1 N–H and O–H groups in total. The summed E-state index contributed by atoms with van der Waals surface area (Å²) in [5.74, 6) is -0.687. The SMILES string of the molecule is C[C@H](NS(=O)(=O)c1ccc(Cl)cc1)C(=O)OCc1ccccn1. The molecule has 6 nitrogen and oxygen atoms in total. The Kier molecular flexibility index (Phi) is 5.70. The minimum Gasteiger partial charge on any atom is -0.458 e. The topological polar surface area (TPSA) is 85.4 Å². The first-order valence-corrected chi connectivity index (χ1v) is 8.59. The van der Waals surface area contributed by atoms with Gasteiger partial charge in [0.2, 0.25) is 10.0 Å². The second-order valence-corrected chi connectivity index (χ2v) is 6.88. The van der Waals surface area contributed by atoms with Gasteiger partial charge in [0, 0.05) is 11.2 Å². The van der Waals surface area contributed by atoms with Crippen LogP contribution in [0.3, 0.4) is 0 Å². The maximum absolute atomic E-state index is 12.2. The highest BCUT2D eigenvalue weighted by Crippen LogP contribution is 2.14. The molecule has 0 amide bonds. The molecule has 0 bridgehead atoms. The molecule has 8 heteroatoms. The summed E-state index contributed by atoms with van der Waals surface area (Å²) in [5, 5.41) is 0.423. The highest BCUT2D eigenvalue weighted by atomic mass is 35.5. The number of ether oxygens (including phenoxy) is 1. The number of hydrogen-bond acceptors (Lipinski definition) is 5. The van der Waals surface area contributed by atoms with Gasteiger partial charge >= 0.3 is 5.97 Å². The van der Waals surface area contributed by atoms with Crippen molar-refractivity contribution in [2.45, 2.75) is 24.5 Å². The Morgan fingerprint density at radius 2 is 1.96 bits per heavy atom. The number of pyridine rings is 1. The van der Waals surface area contributed by atoms with Crippen molar-refractivity contribution in [3.8, 4) is 0 Å². The molecule has 1 atom stereocenters. The molecule has 1 aromatic heterocycles. The number of halogens is 1. The predicted octanol–water partition coefficient (Wildman–Crippen LogP) is 2.15. The van der Waals surface area contributed by atoms with E-state index in [9.17, 15) is 13.2 Å². The average molecular weight is 355 g/mol. The first-order valence-electron chi connectivity index (χ1n) is 6.73. The molecule has 0 fully saturated rings. The van der Waals surface area contributed by atoms with E-state index in [-0.39, 0.29) is 11.5 Å². The molecule has 0 aliphatic carbocycles. The zero-order valence-electron chi connectivity index (χ0n) is 12.3. The zero-order chi connectivity index (χ0) is 16.9. The van der Waals surface area contributed by atoms with E-state index in [2.05, 4.69) is 9.71 Å². The number of hydrogen-bond donors (Lipinski definition) is 1. The van der Waals surface area contributed by atoms with Gasteiger partial charge in [-0.3, -0.25) is 9.78 Å². The molecule has 1 heterocycles. The maximum atomic E-state index is 12.2. The normalized spacial score (nSPS) is 12.6. The van der Waals surface area contributed by atoms with Gasteiger partial charge in [-0.15, -0.1) is 0 Å². The van der Waals surface area contributed by atoms with E-state index in [0.717, 1.165) is 0 Å². The molecular weight excluding hydrogens is 340 g/mol. The zero-order valence-corrected chi connectivity index (χ0v) is 13.8. The standard InChI is InChI=1S/C15H15ClN2O4S/c1-11(15(19)22-10-13-4-2-3-9-17-13)18-23(20,21)14-7-5-12(16)6-8-14/h2-9,11,18H,10H2,1H3/t11-/m0/s1. The van der Waals surface area contributed by atoms with E-state index in [0.29, 0.717) is 10.7 Å². The molecule has 0 unspecified atom stereocenters. The molecule has 2 aromatic rings. The molecule has 0 aliphatic heterocycles. The van der Waals surface area contributed by atoms with Gasteiger partial charge in [-0.05, 0) is 43.3 Å². The molecule has 0 spiro atoms. The Labute approximate surface area is 139 Å². The van der Waals surface area contributed by atoms with Crippen LogP contribution < -0.4 is 4.72 Å². The van der Waals surface area contributed by atoms with Crippen molar-refractivity contribution < 1.29 is 17.9 Å². The highest BCUT2D eigenvalue weighted by Gasteiger charge is 2.23. The molecule has 1 aromatic carbocycles. The highest BCUT2D eigenvalue weighted by molar-refractivity contribution is 7.89. The molecular formula is C15H15ClN2O4S. The summed E-state index contributed by atoms with van der Waals surface area (Å²) in [6.07, 6.45) is 1.58. The van der Waals surface area contributed by atoms with Gasteiger partial charge in [0.1, 0.15) is 12.6 Å². The molecule has 122 valence electrons.